The van der Waals surface area contributed by atoms with Gasteiger partial charge in [0.1, 0.15) is 6.29 Å². The quantitative estimate of drug-likeness (QED) is 0.637. The first-order valence-corrected chi connectivity index (χ1v) is 5.79. The van der Waals surface area contributed by atoms with E-state index in [1.807, 2.05) is 6.92 Å². The molecule has 0 radical (unpaired) electrons. The lowest BCUT2D eigenvalue weighted by molar-refractivity contribution is -0.110. The van der Waals surface area contributed by atoms with E-state index in [-0.39, 0.29) is 11.3 Å². The van der Waals surface area contributed by atoms with E-state index in [1.54, 1.807) is 0 Å². The van der Waals surface area contributed by atoms with Crippen LogP contribution < -0.4 is 0 Å². The van der Waals surface area contributed by atoms with Crippen molar-refractivity contribution in [1.82, 2.24) is 0 Å². The van der Waals surface area contributed by atoms with Crippen LogP contribution in [0.15, 0.2) is 23.3 Å². The second-order valence-electron chi connectivity index (χ2n) is 5.30. The Balaban J connectivity index is 2.72. The molecule has 0 fully saturated rings. The highest BCUT2D eigenvalue weighted by atomic mass is 16.1. The van der Waals surface area contributed by atoms with Crippen molar-refractivity contribution in [2.45, 2.75) is 47.0 Å². The largest absolute Gasteiger partial charge is 0.303 e. The molecular formula is C14H22O. The summed E-state index contributed by atoms with van der Waals surface area (Å²) in [5, 5.41) is 0. The normalized spacial score (nSPS) is 21.6. The summed E-state index contributed by atoms with van der Waals surface area (Å²) in [6.07, 6.45) is 8.68. The van der Waals surface area contributed by atoms with Crippen molar-refractivity contribution in [1.29, 1.82) is 0 Å². The summed E-state index contributed by atoms with van der Waals surface area (Å²) in [4.78, 5) is 10.6. The van der Waals surface area contributed by atoms with Crippen molar-refractivity contribution in [3.8, 4) is 0 Å². The summed E-state index contributed by atoms with van der Waals surface area (Å²) in [7, 11) is 0. The van der Waals surface area contributed by atoms with Gasteiger partial charge >= 0.3 is 0 Å². The van der Waals surface area contributed by atoms with Crippen LogP contribution in [0.2, 0.25) is 0 Å². The molecule has 0 aromatic heterocycles. The van der Waals surface area contributed by atoms with Crippen molar-refractivity contribution in [2.24, 2.45) is 11.3 Å². The van der Waals surface area contributed by atoms with Gasteiger partial charge in [-0.15, -0.1) is 0 Å². The second-order valence-corrected chi connectivity index (χ2v) is 5.30. The Hall–Kier alpha value is -0.850. The van der Waals surface area contributed by atoms with Crippen LogP contribution in [0.25, 0.3) is 0 Å². The van der Waals surface area contributed by atoms with E-state index in [1.165, 1.54) is 11.1 Å². The molecule has 1 heteroatoms. The molecule has 1 nitrogen and oxygen atoms in total. The summed E-state index contributed by atoms with van der Waals surface area (Å²) in [5.41, 5.74) is 3.20. The van der Waals surface area contributed by atoms with E-state index < -0.39 is 0 Å². The third kappa shape index (κ3) is 3.05. The fraction of sp³-hybridized carbons (Fsp3) is 0.643. The molecule has 0 amide bonds. The lowest BCUT2D eigenvalue weighted by atomic mass is 9.73. The molecule has 0 spiro atoms. The van der Waals surface area contributed by atoms with Gasteiger partial charge in [0.05, 0.1) is 0 Å². The Labute approximate surface area is 93.3 Å². The maximum Gasteiger partial charge on any atom is 0.122 e. The van der Waals surface area contributed by atoms with Crippen molar-refractivity contribution in [3.05, 3.63) is 23.3 Å². The predicted molar refractivity (Wildman–Crippen MR) is 64.7 cm³/mol. The lowest BCUT2D eigenvalue weighted by Crippen LogP contribution is -2.18. The van der Waals surface area contributed by atoms with Gasteiger partial charge in [-0.05, 0) is 31.6 Å². The summed E-state index contributed by atoms with van der Waals surface area (Å²) in [5.74, 6) is 0.187. The van der Waals surface area contributed by atoms with E-state index >= 15 is 0 Å². The number of aldehydes is 1. The van der Waals surface area contributed by atoms with Crippen LogP contribution in [0.4, 0.5) is 0 Å². The Morgan fingerprint density at radius 1 is 1.53 bits per heavy atom. The fourth-order valence-electron chi connectivity index (χ4n) is 2.26. The molecule has 0 saturated carbocycles. The molecule has 1 unspecified atom stereocenters. The molecule has 15 heavy (non-hydrogen) atoms. The molecule has 0 N–H and O–H groups in total. The molecule has 0 aromatic carbocycles. The fourth-order valence-corrected chi connectivity index (χ4v) is 2.26. The van der Waals surface area contributed by atoms with E-state index in [0.29, 0.717) is 0 Å². The van der Waals surface area contributed by atoms with Gasteiger partial charge in [-0.1, -0.05) is 44.1 Å². The minimum absolute atomic E-state index is 0.187. The SMILES string of the molecule is CC1=C(CCC(C)C=O)C(C)(C)CC=C1. The molecule has 1 aliphatic rings. The number of hydrogen-bond acceptors (Lipinski definition) is 1. The zero-order valence-electron chi connectivity index (χ0n) is 10.3. The van der Waals surface area contributed by atoms with E-state index in [9.17, 15) is 4.79 Å². The van der Waals surface area contributed by atoms with Crippen LogP contribution in [0.1, 0.15) is 47.0 Å². The average molecular weight is 206 g/mol. The van der Waals surface area contributed by atoms with Crippen molar-refractivity contribution < 1.29 is 4.79 Å². The van der Waals surface area contributed by atoms with Gasteiger partial charge in [-0.3, -0.25) is 0 Å². The highest BCUT2D eigenvalue weighted by Crippen LogP contribution is 2.39. The zero-order valence-corrected chi connectivity index (χ0v) is 10.3. The molecule has 1 rings (SSSR count). The van der Waals surface area contributed by atoms with Gasteiger partial charge in [-0.25, -0.2) is 0 Å². The van der Waals surface area contributed by atoms with Gasteiger partial charge in [-0.2, -0.15) is 0 Å². The lowest BCUT2D eigenvalue weighted by Gasteiger charge is -2.32. The van der Waals surface area contributed by atoms with Crippen LogP contribution in [0.3, 0.4) is 0 Å². The monoisotopic (exact) mass is 206 g/mol. The molecule has 0 heterocycles. The highest BCUT2D eigenvalue weighted by molar-refractivity contribution is 5.52. The van der Waals surface area contributed by atoms with Crippen molar-refractivity contribution in [3.63, 3.8) is 0 Å². The first-order chi connectivity index (χ1) is 6.97. The summed E-state index contributed by atoms with van der Waals surface area (Å²) < 4.78 is 0. The summed E-state index contributed by atoms with van der Waals surface area (Å²) >= 11 is 0. The first-order valence-electron chi connectivity index (χ1n) is 5.79. The molecule has 0 aliphatic heterocycles. The standard InChI is InChI=1S/C14H22O/c1-11(10-15)7-8-13-12(2)6-5-9-14(13,3)4/h5-6,10-11H,7-9H2,1-4H3. The molecule has 0 bridgehead atoms. The molecule has 84 valence electrons. The van der Waals surface area contributed by atoms with Crippen LogP contribution >= 0.6 is 0 Å². The first kappa shape index (κ1) is 12.2. The highest BCUT2D eigenvalue weighted by Gasteiger charge is 2.25. The molecule has 0 aromatic rings. The third-order valence-corrected chi connectivity index (χ3v) is 3.37. The Bertz CT molecular complexity index is 294. The van der Waals surface area contributed by atoms with Gasteiger partial charge in [0.15, 0.2) is 0 Å². The number of hydrogen-bond donors (Lipinski definition) is 0. The predicted octanol–water partition coefficient (Wildman–Crippen LogP) is 3.90. The smallest absolute Gasteiger partial charge is 0.122 e. The van der Waals surface area contributed by atoms with E-state index in [2.05, 4.69) is 32.9 Å². The van der Waals surface area contributed by atoms with Crippen molar-refractivity contribution >= 4 is 6.29 Å². The third-order valence-electron chi connectivity index (χ3n) is 3.37. The minimum atomic E-state index is 0.187. The Kier molecular flexibility index (Phi) is 3.90. The van der Waals surface area contributed by atoms with Gasteiger partial charge < -0.3 is 4.79 Å². The van der Waals surface area contributed by atoms with Crippen LogP contribution in [0, 0.1) is 11.3 Å². The van der Waals surface area contributed by atoms with Crippen LogP contribution in [-0.4, -0.2) is 6.29 Å². The maximum atomic E-state index is 10.6. The molecular weight excluding hydrogens is 184 g/mol. The number of carbonyl (C=O) groups excluding carboxylic acids is 1. The topological polar surface area (TPSA) is 17.1 Å². The second kappa shape index (κ2) is 4.78. The van der Waals surface area contributed by atoms with Crippen LogP contribution in [0.5, 0.6) is 0 Å². The van der Waals surface area contributed by atoms with Crippen LogP contribution in [-0.2, 0) is 4.79 Å². The summed E-state index contributed by atoms with van der Waals surface area (Å²) in [6, 6.07) is 0. The number of rotatable bonds is 4. The van der Waals surface area contributed by atoms with Gasteiger partial charge in [0.25, 0.3) is 0 Å². The number of allylic oxidation sites excluding steroid dienone is 4. The summed E-state index contributed by atoms with van der Waals surface area (Å²) in [6.45, 7) is 8.76. The zero-order chi connectivity index (χ0) is 11.5. The van der Waals surface area contributed by atoms with Gasteiger partial charge in [0, 0.05) is 5.92 Å². The maximum absolute atomic E-state index is 10.6. The average Bonchev–Trinajstić information content (AvgIpc) is 2.15. The minimum Gasteiger partial charge on any atom is -0.303 e. The van der Waals surface area contributed by atoms with Crippen molar-refractivity contribution in [2.75, 3.05) is 0 Å². The Morgan fingerprint density at radius 2 is 2.20 bits per heavy atom. The van der Waals surface area contributed by atoms with Gasteiger partial charge in [0.2, 0.25) is 0 Å². The molecule has 0 saturated heterocycles. The number of carbonyl (C=O) groups is 1. The molecule has 1 atom stereocenters. The Morgan fingerprint density at radius 3 is 2.73 bits per heavy atom. The van der Waals surface area contributed by atoms with E-state index in [0.717, 1.165) is 25.5 Å². The molecule has 1 aliphatic carbocycles. The van der Waals surface area contributed by atoms with E-state index in [4.69, 9.17) is 0 Å².